The average molecular weight is 570 g/mol. The molecule has 0 aliphatic carbocycles. The van der Waals surface area contributed by atoms with Crippen molar-refractivity contribution in [3.05, 3.63) is 0 Å². The lowest BCUT2D eigenvalue weighted by Crippen LogP contribution is -2.34. The summed E-state index contributed by atoms with van der Waals surface area (Å²) in [5.74, 6) is 1.01. The number of nitrogens with zero attached hydrogens (tertiary/aromatic N) is 1. The van der Waals surface area contributed by atoms with E-state index in [2.05, 4.69) is 60.5 Å². The van der Waals surface area contributed by atoms with Crippen molar-refractivity contribution in [3.8, 4) is 0 Å². The number of ether oxygens (including phenoxy) is 5. The van der Waals surface area contributed by atoms with E-state index in [1.165, 1.54) is 0 Å². The molecule has 9 heteroatoms. The van der Waals surface area contributed by atoms with Gasteiger partial charge in [0.05, 0.1) is 36.6 Å². The summed E-state index contributed by atoms with van der Waals surface area (Å²) >= 11 is 0. The van der Waals surface area contributed by atoms with Crippen molar-refractivity contribution in [2.75, 3.05) is 71.7 Å². The van der Waals surface area contributed by atoms with Crippen LogP contribution in [0.5, 0.6) is 0 Å². The highest BCUT2D eigenvalue weighted by atomic mass is 31.1. The highest BCUT2D eigenvalue weighted by Gasteiger charge is 2.31. The second-order valence-electron chi connectivity index (χ2n) is 8.71. The zero-order chi connectivity index (χ0) is 27.9. The number of hydroxylamine groups is 2. The Morgan fingerprint density at radius 2 is 0.838 bits per heavy atom. The van der Waals surface area contributed by atoms with E-state index >= 15 is 0 Å². The molecule has 37 heavy (non-hydrogen) atoms. The van der Waals surface area contributed by atoms with E-state index in [1.54, 1.807) is 0 Å². The van der Waals surface area contributed by atoms with Gasteiger partial charge in [-0.2, -0.15) is 5.06 Å². The molecular weight excluding hydrogens is 508 g/mol. The summed E-state index contributed by atoms with van der Waals surface area (Å²) < 4.78 is 30.4. The van der Waals surface area contributed by atoms with Crippen molar-refractivity contribution < 1.29 is 28.5 Å². The third kappa shape index (κ3) is 15.8. The van der Waals surface area contributed by atoms with Crippen LogP contribution >= 0.6 is 15.8 Å². The normalized spacial score (nSPS) is 17.0. The van der Waals surface area contributed by atoms with Crippen LogP contribution in [0.2, 0.25) is 0 Å². The number of hydrogen-bond donors (Lipinski definition) is 0. The highest BCUT2D eigenvalue weighted by molar-refractivity contribution is 7.59. The van der Waals surface area contributed by atoms with Gasteiger partial charge in [0.25, 0.3) is 0 Å². The molecule has 0 rings (SSSR count). The van der Waals surface area contributed by atoms with E-state index in [1.807, 2.05) is 6.92 Å². The van der Waals surface area contributed by atoms with Gasteiger partial charge in [-0.3, -0.25) is 4.84 Å². The smallest absolute Gasteiger partial charge is 0.0918 e. The van der Waals surface area contributed by atoms with Crippen molar-refractivity contribution in [1.82, 2.24) is 5.06 Å². The molecule has 0 saturated heterocycles. The lowest BCUT2D eigenvalue weighted by Gasteiger charge is -2.36. The topological polar surface area (TPSA) is 58.6 Å². The summed E-state index contributed by atoms with van der Waals surface area (Å²) in [5.41, 5.74) is 0. The van der Waals surface area contributed by atoms with Gasteiger partial charge in [0.2, 0.25) is 0 Å². The fourth-order valence-electron chi connectivity index (χ4n) is 4.57. The summed E-state index contributed by atoms with van der Waals surface area (Å²) in [7, 11) is -0.927. The fraction of sp³-hybridized carbons (Fsp3) is 1.00. The summed E-state index contributed by atoms with van der Waals surface area (Å²) in [6.45, 7) is 25.9. The van der Waals surface area contributed by atoms with Crippen LogP contribution in [-0.4, -0.2) is 100 Å². The zero-order valence-corrected chi connectivity index (χ0v) is 27.5. The van der Waals surface area contributed by atoms with Crippen LogP contribution in [0.25, 0.3) is 0 Å². The van der Waals surface area contributed by atoms with E-state index in [0.717, 1.165) is 77.5 Å². The Balaban J connectivity index is 5.64. The molecule has 0 saturated carbocycles. The number of rotatable bonds is 27. The van der Waals surface area contributed by atoms with Crippen LogP contribution in [0.3, 0.4) is 0 Å². The molecule has 0 spiro atoms. The maximum Gasteiger partial charge on any atom is 0.0918 e. The zero-order valence-electron chi connectivity index (χ0n) is 25.7. The highest BCUT2D eigenvalue weighted by Crippen LogP contribution is 2.51. The first-order valence-electron chi connectivity index (χ1n) is 14.9. The van der Waals surface area contributed by atoms with E-state index in [0.29, 0.717) is 19.8 Å². The molecule has 0 aromatic carbocycles. The Bertz CT molecular complexity index is 430. The summed E-state index contributed by atoms with van der Waals surface area (Å²) in [4.78, 5) is 6.30. The minimum Gasteiger partial charge on any atom is -0.379 e. The SMILES string of the molecule is CCOCCON(CCP(C(CC)OCC)C(CC)OCC)CCP(C(CC)OCC)C(CC)OCC. The molecule has 0 aromatic heterocycles. The lowest BCUT2D eigenvalue weighted by molar-refractivity contribution is -0.162. The summed E-state index contributed by atoms with van der Waals surface area (Å²) in [5, 5.41) is 2.18. The average Bonchev–Trinajstić information content (AvgIpc) is 2.91. The first kappa shape index (κ1) is 37.6. The van der Waals surface area contributed by atoms with E-state index in [9.17, 15) is 0 Å². The predicted molar refractivity (Wildman–Crippen MR) is 160 cm³/mol. The van der Waals surface area contributed by atoms with Crippen LogP contribution in [-0.2, 0) is 28.5 Å². The largest absolute Gasteiger partial charge is 0.379 e. The fourth-order valence-corrected chi connectivity index (χ4v) is 10.6. The molecule has 0 aliphatic heterocycles. The molecule has 0 N–H and O–H groups in total. The van der Waals surface area contributed by atoms with Gasteiger partial charge in [-0.1, -0.05) is 27.7 Å². The Hall–Kier alpha value is 0.580. The van der Waals surface area contributed by atoms with Crippen LogP contribution in [0.15, 0.2) is 0 Å². The molecule has 0 bridgehead atoms. The molecule has 0 aromatic rings. The first-order valence-corrected chi connectivity index (χ1v) is 18.3. The first-order chi connectivity index (χ1) is 18.0. The minimum atomic E-state index is -0.464. The summed E-state index contributed by atoms with van der Waals surface area (Å²) in [6.07, 6.45) is 6.11. The van der Waals surface area contributed by atoms with Crippen LogP contribution in [0.4, 0.5) is 0 Å². The third-order valence-electron chi connectivity index (χ3n) is 6.23. The Morgan fingerprint density at radius 3 is 1.11 bits per heavy atom. The number of hydrogen-bond acceptors (Lipinski definition) is 7. The molecule has 0 aliphatic rings. The molecule has 0 fully saturated rings. The molecule has 4 atom stereocenters. The lowest BCUT2D eigenvalue weighted by atomic mass is 10.5. The van der Waals surface area contributed by atoms with Gasteiger partial charge < -0.3 is 23.7 Å². The molecule has 0 amide bonds. The third-order valence-corrected chi connectivity index (χ3v) is 12.7. The molecular formula is C28H61NO6P2. The van der Waals surface area contributed by atoms with Crippen molar-refractivity contribution in [3.63, 3.8) is 0 Å². The van der Waals surface area contributed by atoms with Gasteiger partial charge in [0.1, 0.15) is 0 Å². The van der Waals surface area contributed by atoms with E-state index < -0.39 is 15.8 Å². The minimum absolute atomic E-state index is 0.253. The monoisotopic (exact) mass is 569 g/mol. The molecule has 0 radical (unpaired) electrons. The predicted octanol–water partition coefficient (Wildman–Crippen LogP) is 7.31. The van der Waals surface area contributed by atoms with Gasteiger partial charge in [0.15, 0.2) is 0 Å². The van der Waals surface area contributed by atoms with Crippen molar-refractivity contribution in [1.29, 1.82) is 0 Å². The quantitative estimate of drug-likeness (QED) is 0.0584. The van der Waals surface area contributed by atoms with Crippen LogP contribution in [0.1, 0.15) is 88.0 Å². The standard InChI is InChI=1S/C28H61NO6P2/c1-10-25(31-15-6)36(26(11-2)32-16-7)23-19-29(35-22-21-30-14-5)20-24-37(27(12-3)33-17-8)28(13-4)34-18-9/h25-28H,10-24H2,1-9H3. The molecule has 0 heterocycles. The van der Waals surface area contributed by atoms with Crippen LogP contribution < -0.4 is 0 Å². The molecule has 7 nitrogen and oxygen atoms in total. The Kier molecular flexibility index (Phi) is 25.9. The van der Waals surface area contributed by atoms with Gasteiger partial charge in [-0.15, -0.1) is 0 Å². The molecule has 4 unspecified atom stereocenters. The van der Waals surface area contributed by atoms with Gasteiger partial charge in [-0.25, -0.2) is 0 Å². The second kappa shape index (κ2) is 25.5. The van der Waals surface area contributed by atoms with Crippen LogP contribution in [0, 0.1) is 0 Å². The van der Waals surface area contributed by atoms with E-state index in [4.69, 9.17) is 28.5 Å². The van der Waals surface area contributed by atoms with Crippen molar-refractivity contribution in [2.45, 2.75) is 111 Å². The maximum atomic E-state index is 6.30. The van der Waals surface area contributed by atoms with Gasteiger partial charge in [0, 0.05) is 46.1 Å². The maximum absolute atomic E-state index is 6.30. The Labute approximate surface area is 232 Å². The van der Waals surface area contributed by atoms with Gasteiger partial charge in [-0.05, 0) is 88.5 Å². The Morgan fingerprint density at radius 1 is 0.486 bits per heavy atom. The van der Waals surface area contributed by atoms with Crippen molar-refractivity contribution in [2.24, 2.45) is 0 Å². The summed E-state index contributed by atoms with van der Waals surface area (Å²) in [6, 6.07) is 0. The van der Waals surface area contributed by atoms with Crippen molar-refractivity contribution >= 4 is 15.8 Å². The second-order valence-corrected chi connectivity index (χ2v) is 14.0. The van der Waals surface area contributed by atoms with Gasteiger partial charge >= 0.3 is 0 Å². The van der Waals surface area contributed by atoms with E-state index in [-0.39, 0.29) is 23.4 Å². The molecule has 224 valence electrons.